The number of benzene rings is 2. The van der Waals surface area contributed by atoms with Gasteiger partial charge in [0.05, 0.1) is 11.6 Å². The molecule has 4 nitrogen and oxygen atoms in total. The summed E-state index contributed by atoms with van der Waals surface area (Å²) in [6.45, 7) is 0. The number of pyridine rings is 1. The maximum Gasteiger partial charge on any atom is 0.272 e. The Morgan fingerprint density at radius 2 is 1.82 bits per heavy atom. The number of aromatic nitrogens is 2. The first-order valence-electron chi connectivity index (χ1n) is 6.90. The van der Waals surface area contributed by atoms with Gasteiger partial charge >= 0.3 is 0 Å². The Balaban J connectivity index is 2.03. The van der Waals surface area contributed by atoms with Crippen molar-refractivity contribution in [1.29, 1.82) is 5.26 Å². The molecule has 2 heterocycles. The number of nitriles is 1. The lowest BCUT2D eigenvalue weighted by molar-refractivity contribution is 1.31. The molecule has 104 valence electrons. The summed E-state index contributed by atoms with van der Waals surface area (Å²) in [6, 6.07) is 17.4. The molecule has 0 saturated carbocycles. The zero-order valence-corrected chi connectivity index (χ0v) is 11.6. The Kier molecular flexibility index (Phi) is 2.60. The van der Waals surface area contributed by atoms with Gasteiger partial charge in [-0.1, -0.05) is 18.2 Å². The van der Waals surface area contributed by atoms with Crippen LogP contribution in [0.3, 0.4) is 0 Å². The Bertz CT molecular complexity index is 1110. The molecule has 2 aromatic carbocycles. The summed E-state index contributed by atoms with van der Waals surface area (Å²) >= 11 is 0. The molecule has 0 saturated heterocycles. The van der Waals surface area contributed by atoms with E-state index in [4.69, 9.17) is 5.26 Å². The van der Waals surface area contributed by atoms with E-state index in [1.165, 1.54) is 0 Å². The van der Waals surface area contributed by atoms with Crippen molar-refractivity contribution in [3.8, 4) is 17.2 Å². The molecule has 4 rings (SSSR count). The van der Waals surface area contributed by atoms with E-state index < -0.39 is 0 Å². The lowest BCUT2D eigenvalue weighted by Gasteiger charge is -2.05. The third-order valence-corrected chi connectivity index (χ3v) is 3.86. The first-order chi connectivity index (χ1) is 10.8. The summed E-state index contributed by atoms with van der Waals surface area (Å²) in [7, 11) is 0. The summed E-state index contributed by atoms with van der Waals surface area (Å²) in [6.07, 6.45) is 1.77. The van der Waals surface area contributed by atoms with Crippen LogP contribution in [0, 0.1) is 11.3 Å². The van der Waals surface area contributed by atoms with E-state index in [2.05, 4.69) is 16.0 Å². The number of nitrogens with one attached hydrogen (secondary N) is 2. The minimum atomic E-state index is -0.119. The number of fused-ring (bicyclic) bond motifs is 3. The largest absolute Gasteiger partial charge is 0.357 e. The molecule has 4 heteroatoms. The molecule has 0 amide bonds. The summed E-state index contributed by atoms with van der Waals surface area (Å²) in [5, 5.41) is 10.9. The topological polar surface area (TPSA) is 72.4 Å². The Morgan fingerprint density at radius 3 is 2.68 bits per heavy atom. The molecule has 0 bridgehead atoms. The fourth-order valence-corrected chi connectivity index (χ4v) is 2.79. The molecule has 2 aromatic heterocycles. The maximum atomic E-state index is 12.0. The average molecular weight is 285 g/mol. The highest BCUT2D eigenvalue weighted by Gasteiger charge is 2.07. The van der Waals surface area contributed by atoms with Gasteiger partial charge in [0.2, 0.25) is 0 Å². The number of nitrogens with zero attached hydrogens (tertiary/aromatic N) is 1. The quantitative estimate of drug-likeness (QED) is 0.561. The van der Waals surface area contributed by atoms with Crippen molar-refractivity contribution in [2.75, 3.05) is 0 Å². The standard InChI is InChI=1S/C18H11N3O/c19-10-11-2-1-3-12(8-11)13-4-5-16-15(9-13)14-6-7-20-17(14)18(22)21-16/h1-9,20H,(H,21,22). The molecule has 0 radical (unpaired) electrons. The second-order valence-corrected chi connectivity index (χ2v) is 5.17. The van der Waals surface area contributed by atoms with Crippen molar-refractivity contribution in [2.24, 2.45) is 0 Å². The molecule has 0 spiro atoms. The highest BCUT2D eigenvalue weighted by molar-refractivity contribution is 6.05. The van der Waals surface area contributed by atoms with Crippen LogP contribution in [0.25, 0.3) is 32.9 Å². The number of H-pyrrole nitrogens is 2. The van der Waals surface area contributed by atoms with Crippen LogP contribution in [-0.4, -0.2) is 9.97 Å². The summed E-state index contributed by atoms with van der Waals surface area (Å²) in [5.74, 6) is 0. The van der Waals surface area contributed by atoms with Crippen LogP contribution in [0.5, 0.6) is 0 Å². The first kappa shape index (κ1) is 12.4. The molecular formula is C18H11N3O. The Labute approximate surface area is 125 Å². The van der Waals surface area contributed by atoms with Gasteiger partial charge in [-0.15, -0.1) is 0 Å². The van der Waals surface area contributed by atoms with Crippen molar-refractivity contribution in [1.82, 2.24) is 9.97 Å². The monoisotopic (exact) mass is 285 g/mol. The van der Waals surface area contributed by atoms with E-state index in [0.29, 0.717) is 11.1 Å². The van der Waals surface area contributed by atoms with Crippen LogP contribution >= 0.6 is 0 Å². The molecule has 0 unspecified atom stereocenters. The summed E-state index contributed by atoms with van der Waals surface area (Å²) < 4.78 is 0. The third-order valence-electron chi connectivity index (χ3n) is 3.86. The minimum absolute atomic E-state index is 0.119. The first-order valence-corrected chi connectivity index (χ1v) is 6.90. The molecule has 0 aliphatic rings. The van der Waals surface area contributed by atoms with Crippen LogP contribution < -0.4 is 5.56 Å². The maximum absolute atomic E-state index is 12.0. The number of hydrogen-bond acceptors (Lipinski definition) is 2. The van der Waals surface area contributed by atoms with Gasteiger partial charge < -0.3 is 9.97 Å². The molecule has 22 heavy (non-hydrogen) atoms. The molecule has 0 fully saturated rings. The molecule has 4 aromatic rings. The van der Waals surface area contributed by atoms with Gasteiger partial charge in [-0.2, -0.15) is 5.26 Å². The molecular weight excluding hydrogens is 274 g/mol. The molecule has 2 N–H and O–H groups in total. The number of rotatable bonds is 1. The van der Waals surface area contributed by atoms with E-state index >= 15 is 0 Å². The van der Waals surface area contributed by atoms with Crippen LogP contribution in [-0.2, 0) is 0 Å². The number of hydrogen-bond donors (Lipinski definition) is 2. The summed E-state index contributed by atoms with van der Waals surface area (Å²) in [5.41, 5.74) is 3.89. The predicted molar refractivity (Wildman–Crippen MR) is 86.6 cm³/mol. The minimum Gasteiger partial charge on any atom is -0.357 e. The fraction of sp³-hybridized carbons (Fsp3) is 0. The van der Waals surface area contributed by atoms with Crippen LogP contribution in [0.1, 0.15) is 5.56 Å². The van der Waals surface area contributed by atoms with E-state index in [1.807, 2.05) is 42.5 Å². The van der Waals surface area contributed by atoms with Gasteiger partial charge in [-0.25, -0.2) is 0 Å². The van der Waals surface area contributed by atoms with Crippen molar-refractivity contribution < 1.29 is 0 Å². The van der Waals surface area contributed by atoms with Crippen molar-refractivity contribution in [2.45, 2.75) is 0 Å². The van der Waals surface area contributed by atoms with Crippen LogP contribution in [0.15, 0.2) is 59.5 Å². The predicted octanol–water partition coefficient (Wildman–Crippen LogP) is 3.55. The Morgan fingerprint density at radius 1 is 0.955 bits per heavy atom. The smallest absolute Gasteiger partial charge is 0.272 e. The molecule has 0 aliphatic carbocycles. The summed E-state index contributed by atoms with van der Waals surface area (Å²) in [4.78, 5) is 17.8. The van der Waals surface area contributed by atoms with Gasteiger partial charge in [0.1, 0.15) is 5.52 Å². The molecule has 0 aliphatic heterocycles. The van der Waals surface area contributed by atoms with Gasteiger partial charge in [0, 0.05) is 22.5 Å². The van der Waals surface area contributed by atoms with E-state index in [0.717, 1.165) is 27.4 Å². The normalized spacial score (nSPS) is 10.9. The lowest BCUT2D eigenvalue weighted by Crippen LogP contribution is -2.05. The van der Waals surface area contributed by atoms with Gasteiger partial charge in [0.15, 0.2) is 0 Å². The number of aromatic amines is 2. The zero-order chi connectivity index (χ0) is 15.1. The van der Waals surface area contributed by atoms with Gasteiger partial charge in [-0.3, -0.25) is 4.79 Å². The average Bonchev–Trinajstić information content (AvgIpc) is 3.05. The lowest BCUT2D eigenvalue weighted by atomic mass is 10.0. The Hall–Kier alpha value is -3.32. The van der Waals surface area contributed by atoms with E-state index in [1.54, 1.807) is 12.3 Å². The van der Waals surface area contributed by atoms with E-state index in [9.17, 15) is 4.79 Å². The van der Waals surface area contributed by atoms with Crippen LogP contribution in [0.4, 0.5) is 0 Å². The van der Waals surface area contributed by atoms with Crippen LogP contribution in [0.2, 0.25) is 0 Å². The third kappa shape index (κ3) is 1.80. The highest BCUT2D eigenvalue weighted by atomic mass is 16.1. The van der Waals surface area contributed by atoms with Gasteiger partial charge in [0.25, 0.3) is 5.56 Å². The molecule has 0 atom stereocenters. The van der Waals surface area contributed by atoms with Crippen molar-refractivity contribution >= 4 is 21.8 Å². The van der Waals surface area contributed by atoms with Gasteiger partial charge in [-0.05, 0) is 41.5 Å². The van der Waals surface area contributed by atoms with Crippen molar-refractivity contribution in [3.05, 3.63) is 70.6 Å². The van der Waals surface area contributed by atoms with E-state index in [-0.39, 0.29) is 5.56 Å². The second kappa shape index (κ2) is 4.61. The van der Waals surface area contributed by atoms with Crippen molar-refractivity contribution in [3.63, 3.8) is 0 Å². The second-order valence-electron chi connectivity index (χ2n) is 5.17. The fourth-order valence-electron chi connectivity index (χ4n) is 2.79. The SMILES string of the molecule is N#Cc1cccc(-c2ccc3[nH]c(=O)c4[nH]ccc4c3c2)c1. The highest BCUT2D eigenvalue weighted by Crippen LogP contribution is 2.27. The zero-order valence-electron chi connectivity index (χ0n) is 11.6.